The molecule has 0 saturated carbocycles. The summed E-state index contributed by atoms with van der Waals surface area (Å²) in [5.41, 5.74) is 9.28. The maximum atomic E-state index is 12.9. The fourth-order valence-corrected chi connectivity index (χ4v) is 3.17. The zero-order valence-corrected chi connectivity index (χ0v) is 15.8. The van der Waals surface area contributed by atoms with Crippen LogP contribution in [0.15, 0.2) is 53.6 Å². The van der Waals surface area contributed by atoms with E-state index in [0.29, 0.717) is 17.7 Å². The lowest BCUT2D eigenvalue weighted by atomic mass is 9.87. The Bertz CT molecular complexity index is 940. The van der Waals surface area contributed by atoms with E-state index in [9.17, 15) is 14.4 Å². The Morgan fingerprint density at radius 3 is 2.57 bits per heavy atom. The third kappa shape index (κ3) is 3.78. The summed E-state index contributed by atoms with van der Waals surface area (Å²) in [6, 6.07) is 14.3. The lowest BCUT2D eigenvalue weighted by Gasteiger charge is -2.21. The molecular weight excluding hydrogens is 356 g/mol. The number of para-hydroxylation sites is 1. The largest absolute Gasteiger partial charge is 0.385 e. The first-order valence-electron chi connectivity index (χ1n) is 8.97. The Kier molecular flexibility index (Phi) is 5.54. The number of hydrogen-bond donors (Lipinski definition) is 2. The van der Waals surface area contributed by atoms with Crippen LogP contribution >= 0.6 is 0 Å². The number of aryl methyl sites for hydroxylation is 2. The number of aldehydes is 1. The van der Waals surface area contributed by atoms with Crippen molar-refractivity contribution >= 4 is 35.3 Å². The summed E-state index contributed by atoms with van der Waals surface area (Å²) in [6.45, 7) is 3.92. The quantitative estimate of drug-likeness (QED) is 0.753. The van der Waals surface area contributed by atoms with Gasteiger partial charge in [-0.25, -0.2) is 0 Å². The number of amides is 2. The maximum Gasteiger partial charge on any atom is 0.259 e. The summed E-state index contributed by atoms with van der Waals surface area (Å²) in [5, 5.41) is 8.09. The maximum absolute atomic E-state index is 12.9. The molecule has 0 saturated heterocycles. The molecule has 144 valence electrons. The van der Waals surface area contributed by atoms with Crippen LogP contribution in [0.5, 0.6) is 0 Å². The molecule has 7 heteroatoms. The number of nitrogens with zero attached hydrogens (tertiary/aromatic N) is 2. The highest BCUT2D eigenvalue weighted by atomic mass is 16.2. The van der Waals surface area contributed by atoms with Gasteiger partial charge in [-0.3, -0.25) is 9.59 Å². The number of nitrogens with one attached hydrogen (secondary N) is 1. The van der Waals surface area contributed by atoms with Crippen LogP contribution in [-0.4, -0.2) is 23.9 Å². The van der Waals surface area contributed by atoms with Gasteiger partial charge in [-0.05, 0) is 49.2 Å². The fraction of sp³-hybridized carbons (Fsp3) is 0.238. The van der Waals surface area contributed by atoms with Crippen LogP contribution in [0.2, 0.25) is 0 Å². The molecule has 0 bridgehead atoms. The van der Waals surface area contributed by atoms with Gasteiger partial charge < -0.3 is 15.8 Å². The summed E-state index contributed by atoms with van der Waals surface area (Å²) in [4.78, 5) is 37.0. The molecule has 28 heavy (non-hydrogen) atoms. The lowest BCUT2D eigenvalue weighted by Crippen LogP contribution is -2.41. The molecule has 1 aliphatic heterocycles. The number of amidine groups is 1. The highest BCUT2D eigenvalue weighted by Crippen LogP contribution is 2.29. The highest BCUT2D eigenvalue weighted by molar-refractivity contribution is 6.17. The van der Waals surface area contributed by atoms with Gasteiger partial charge >= 0.3 is 0 Å². The van der Waals surface area contributed by atoms with Gasteiger partial charge in [0.1, 0.15) is 18.0 Å². The molecule has 0 spiro atoms. The summed E-state index contributed by atoms with van der Waals surface area (Å²) < 4.78 is 0. The molecule has 3 rings (SSSR count). The van der Waals surface area contributed by atoms with Crippen LogP contribution in [-0.2, 0) is 14.4 Å². The van der Waals surface area contributed by atoms with Gasteiger partial charge in [0.2, 0.25) is 5.91 Å². The molecule has 0 fully saturated rings. The third-order valence-corrected chi connectivity index (χ3v) is 4.87. The van der Waals surface area contributed by atoms with Gasteiger partial charge in [-0.15, -0.1) is 0 Å². The first-order chi connectivity index (χ1) is 13.4. The molecule has 0 aliphatic carbocycles. The van der Waals surface area contributed by atoms with E-state index in [1.807, 2.05) is 32.0 Å². The summed E-state index contributed by atoms with van der Waals surface area (Å²) in [7, 11) is 0. The van der Waals surface area contributed by atoms with Gasteiger partial charge in [0, 0.05) is 12.1 Å². The molecule has 3 N–H and O–H groups in total. The molecule has 2 unspecified atom stereocenters. The van der Waals surface area contributed by atoms with Crippen LogP contribution in [0.3, 0.4) is 0 Å². The monoisotopic (exact) mass is 378 g/mol. The minimum atomic E-state index is -0.989. The van der Waals surface area contributed by atoms with E-state index in [-0.39, 0.29) is 12.3 Å². The van der Waals surface area contributed by atoms with Crippen molar-refractivity contribution in [1.29, 1.82) is 0 Å². The topological polar surface area (TPSA) is 105 Å². The second kappa shape index (κ2) is 8.04. The van der Waals surface area contributed by atoms with E-state index >= 15 is 0 Å². The average molecular weight is 378 g/mol. The van der Waals surface area contributed by atoms with Gasteiger partial charge in [-0.1, -0.05) is 24.3 Å². The molecule has 1 heterocycles. The van der Waals surface area contributed by atoms with Crippen molar-refractivity contribution in [2.75, 3.05) is 10.3 Å². The number of hydrogen-bond acceptors (Lipinski definition) is 5. The van der Waals surface area contributed by atoms with E-state index < -0.39 is 23.7 Å². The predicted octanol–water partition coefficient (Wildman–Crippen LogP) is 2.38. The molecule has 2 amide bonds. The molecule has 7 nitrogen and oxygen atoms in total. The zero-order chi connectivity index (χ0) is 20.3. The number of carbonyl (C=O) groups is 3. The minimum Gasteiger partial charge on any atom is -0.385 e. The SMILES string of the molecule is Cc1ccc(NC(=O)C(CC=O)C2C(=O)N(c3ccccc3)N=C2N)cc1C. The Labute approximate surface area is 163 Å². The second-order valence-electron chi connectivity index (χ2n) is 6.79. The van der Waals surface area contributed by atoms with Crippen molar-refractivity contribution in [3.8, 4) is 0 Å². The number of nitrogens with two attached hydrogens (primary N) is 1. The molecule has 2 atom stereocenters. The Hall–Kier alpha value is -3.48. The number of benzene rings is 2. The number of anilines is 2. The smallest absolute Gasteiger partial charge is 0.259 e. The average Bonchev–Trinajstić information content (AvgIpc) is 2.97. The minimum absolute atomic E-state index is 0.0240. The van der Waals surface area contributed by atoms with Crippen LogP contribution < -0.4 is 16.1 Å². The van der Waals surface area contributed by atoms with Crippen molar-refractivity contribution in [2.45, 2.75) is 20.3 Å². The Morgan fingerprint density at radius 1 is 1.21 bits per heavy atom. The summed E-state index contributed by atoms with van der Waals surface area (Å²) in [5.74, 6) is -2.77. The van der Waals surface area contributed by atoms with Crippen molar-refractivity contribution < 1.29 is 14.4 Å². The van der Waals surface area contributed by atoms with Crippen molar-refractivity contribution in [3.63, 3.8) is 0 Å². The van der Waals surface area contributed by atoms with Gasteiger partial charge in [0.05, 0.1) is 11.6 Å². The Morgan fingerprint density at radius 2 is 1.93 bits per heavy atom. The van der Waals surface area contributed by atoms with Gasteiger partial charge in [0.25, 0.3) is 5.91 Å². The van der Waals surface area contributed by atoms with Crippen molar-refractivity contribution in [3.05, 3.63) is 59.7 Å². The normalized spacial score (nSPS) is 17.2. The highest BCUT2D eigenvalue weighted by Gasteiger charge is 2.43. The number of carbonyl (C=O) groups excluding carboxylic acids is 3. The second-order valence-corrected chi connectivity index (χ2v) is 6.79. The van der Waals surface area contributed by atoms with Crippen LogP contribution in [0, 0.1) is 25.7 Å². The third-order valence-electron chi connectivity index (χ3n) is 4.87. The standard InChI is InChI=1S/C21H22N4O3/c1-13-8-9-15(12-14(13)2)23-20(27)17(10-11-26)18-19(22)24-25(21(18)28)16-6-4-3-5-7-16/h3-9,11-12,17-18H,10H2,1-2H3,(H2,22,24)(H,23,27). The van der Waals surface area contributed by atoms with E-state index in [0.717, 1.165) is 11.1 Å². The Balaban J connectivity index is 1.84. The van der Waals surface area contributed by atoms with E-state index in [1.165, 1.54) is 5.01 Å². The predicted molar refractivity (Wildman–Crippen MR) is 108 cm³/mol. The van der Waals surface area contributed by atoms with Crippen LogP contribution in [0.1, 0.15) is 17.5 Å². The van der Waals surface area contributed by atoms with Gasteiger partial charge in [0.15, 0.2) is 0 Å². The van der Waals surface area contributed by atoms with Crippen molar-refractivity contribution in [2.24, 2.45) is 22.7 Å². The first kappa shape index (κ1) is 19.3. The van der Waals surface area contributed by atoms with Crippen LogP contribution in [0.4, 0.5) is 11.4 Å². The van der Waals surface area contributed by atoms with Gasteiger partial charge in [-0.2, -0.15) is 10.1 Å². The first-order valence-corrected chi connectivity index (χ1v) is 8.97. The zero-order valence-electron chi connectivity index (χ0n) is 15.8. The molecule has 0 radical (unpaired) electrons. The molecule has 1 aliphatic rings. The fourth-order valence-electron chi connectivity index (χ4n) is 3.17. The molecule has 2 aromatic carbocycles. The van der Waals surface area contributed by atoms with E-state index in [2.05, 4.69) is 10.4 Å². The van der Waals surface area contributed by atoms with E-state index in [1.54, 1.807) is 30.3 Å². The summed E-state index contributed by atoms with van der Waals surface area (Å²) in [6.07, 6.45) is 0.488. The molecular formula is C21H22N4O3. The molecule has 2 aromatic rings. The number of hydrazone groups is 1. The van der Waals surface area contributed by atoms with Crippen molar-refractivity contribution in [1.82, 2.24) is 0 Å². The lowest BCUT2D eigenvalue weighted by molar-refractivity contribution is -0.129. The molecule has 0 aromatic heterocycles. The van der Waals surface area contributed by atoms with Crippen LogP contribution in [0.25, 0.3) is 0 Å². The summed E-state index contributed by atoms with van der Waals surface area (Å²) >= 11 is 0. The number of rotatable bonds is 6. The van der Waals surface area contributed by atoms with E-state index in [4.69, 9.17) is 5.73 Å².